The zero-order valence-electron chi connectivity index (χ0n) is 11.9. The van der Waals surface area contributed by atoms with E-state index in [1.165, 1.54) is 0 Å². The maximum atomic E-state index is 9.21. The first-order valence-electron chi connectivity index (χ1n) is 6.59. The molecule has 0 spiro atoms. The summed E-state index contributed by atoms with van der Waals surface area (Å²) in [4.78, 5) is 2.39. The quantitative estimate of drug-likeness (QED) is 0.808. The van der Waals surface area contributed by atoms with Gasteiger partial charge in [0, 0.05) is 18.7 Å². The van der Waals surface area contributed by atoms with Crippen LogP contribution in [-0.2, 0) is 13.2 Å². The van der Waals surface area contributed by atoms with Gasteiger partial charge in [-0.15, -0.1) is 0 Å². The summed E-state index contributed by atoms with van der Waals surface area (Å²) in [6.45, 7) is 9.66. The van der Waals surface area contributed by atoms with Crippen LogP contribution < -0.4 is 4.74 Å². The van der Waals surface area contributed by atoms with Gasteiger partial charge in [0.25, 0.3) is 0 Å². The molecule has 3 nitrogen and oxygen atoms in total. The molecule has 18 heavy (non-hydrogen) atoms. The third-order valence-corrected chi connectivity index (χ3v) is 2.99. The van der Waals surface area contributed by atoms with E-state index >= 15 is 0 Å². The van der Waals surface area contributed by atoms with Crippen LogP contribution in [0.2, 0.25) is 0 Å². The lowest BCUT2D eigenvalue weighted by atomic mass is 10.1. The summed E-state index contributed by atoms with van der Waals surface area (Å²) < 4.78 is 5.39. The van der Waals surface area contributed by atoms with E-state index in [1.54, 1.807) is 7.11 Å². The maximum absolute atomic E-state index is 9.21. The molecule has 0 saturated heterocycles. The molecule has 0 aliphatic rings. The predicted octanol–water partition coefficient (Wildman–Crippen LogP) is 2.67. The van der Waals surface area contributed by atoms with Crippen LogP contribution in [0.1, 0.15) is 31.9 Å². The molecule has 102 valence electrons. The number of nitrogens with zero attached hydrogens (tertiary/aromatic N) is 1. The Morgan fingerprint density at radius 2 is 2.06 bits per heavy atom. The Balaban J connectivity index is 2.85. The minimum absolute atomic E-state index is 0.0767. The zero-order valence-corrected chi connectivity index (χ0v) is 11.9. The smallest absolute Gasteiger partial charge is 0.123 e. The van der Waals surface area contributed by atoms with Gasteiger partial charge in [0.1, 0.15) is 5.75 Å². The summed E-state index contributed by atoms with van der Waals surface area (Å²) in [6.07, 6.45) is 0. The number of aliphatic hydroxyl groups is 1. The van der Waals surface area contributed by atoms with Gasteiger partial charge in [-0.25, -0.2) is 0 Å². The average Bonchev–Trinajstić information content (AvgIpc) is 2.37. The highest BCUT2D eigenvalue weighted by Gasteiger charge is 2.10. The monoisotopic (exact) mass is 251 g/mol. The van der Waals surface area contributed by atoms with Crippen molar-refractivity contribution in [1.82, 2.24) is 4.90 Å². The average molecular weight is 251 g/mol. The molecule has 0 aromatic heterocycles. The Kier molecular flexibility index (Phi) is 6.16. The second kappa shape index (κ2) is 7.39. The summed E-state index contributed by atoms with van der Waals surface area (Å²) in [7, 11) is 1.69. The van der Waals surface area contributed by atoms with Gasteiger partial charge < -0.3 is 9.84 Å². The fraction of sp³-hybridized carbons (Fsp3) is 0.600. The molecule has 0 fully saturated rings. The van der Waals surface area contributed by atoms with Crippen molar-refractivity contribution in [1.29, 1.82) is 0 Å². The van der Waals surface area contributed by atoms with E-state index in [9.17, 15) is 5.11 Å². The Bertz CT molecular complexity index is 364. The van der Waals surface area contributed by atoms with E-state index in [0.29, 0.717) is 5.92 Å². The van der Waals surface area contributed by atoms with Gasteiger partial charge in [0.15, 0.2) is 0 Å². The highest BCUT2D eigenvalue weighted by Crippen LogP contribution is 2.22. The topological polar surface area (TPSA) is 32.7 Å². The summed E-state index contributed by atoms with van der Waals surface area (Å²) in [5.74, 6) is 1.55. The molecule has 0 atom stereocenters. The highest BCUT2D eigenvalue weighted by atomic mass is 16.5. The number of hydrogen-bond donors (Lipinski definition) is 1. The van der Waals surface area contributed by atoms with Crippen LogP contribution in [0, 0.1) is 5.92 Å². The Morgan fingerprint density at radius 1 is 1.33 bits per heavy atom. The van der Waals surface area contributed by atoms with Crippen LogP contribution in [0.5, 0.6) is 5.75 Å². The molecule has 1 N–H and O–H groups in total. The maximum Gasteiger partial charge on any atom is 0.123 e. The molecule has 0 aliphatic carbocycles. The number of ether oxygens (including phenoxy) is 1. The lowest BCUT2D eigenvalue weighted by Crippen LogP contribution is -2.27. The van der Waals surface area contributed by atoms with E-state index in [0.717, 1.165) is 36.5 Å². The van der Waals surface area contributed by atoms with Crippen LogP contribution in [0.4, 0.5) is 0 Å². The number of rotatable bonds is 7. The molecule has 0 radical (unpaired) electrons. The van der Waals surface area contributed by atoms with Crippen LogP contribution >= 0.6 is 0 Å². The molecule has 0 saturated carbocycles. The molecule has 1 rings (SSSR count). The van der Waals surface area contributed by atoms with Gasteiger partial charge >= 0.3 is 0 Å². The summed E-state index contributed by atoms with van der Waals surface area (Å²) in [5.41, 5.74) is 2.08. The van der Waals surface area contributed by atoms with Gasteiger partial charge in [-0.1, -0.05) is 26.8 Å². The van der Waals surface area contributed by atoms with E-state index in [-0.39, 0.29) is 6.61 Å². The third kappa shape index (κ3) is 4.31. The minimum atomic E-state index is 0.0767. The molecule has 0 aliphatic heterocycles. The number of aliphatic hydroxyl groups excluding tert-OH is 1. The first kappa shape index (κ1) is 15.0. The van der Waals surface area contributed by atoms with Gasteiger partial charge in [0.2, 0.25) is 0 Å². The van der Waals surface area contributed by atoms with E-state index in [2.05, 4.69) is 25.7 Å². The lowest BCUT2D eigenvalue weighted by molar-refractivity contribution is 0.244. The molecule has 1 aromatic rings. The van der Waals surface area contributed by atoms with Crippen LogP contribution in [0.25, 0.3) is 0 Å². The number of hydrogen-bond acceptors (Lipinski definition) is 3. The van der Waals surface area contributed by atoms with Crippen molar-refractivity contribution in [2.24, 2.45) is 5.92 Å². The lowest BCUT2D eigenvalue weighted by Gasteiger charge is -2.23. The summed E-state index contributed by atoms with van der Waals surface area (Å²) in [6, 6.07) is 5.87. The fourth-order valence-corrected chi connectivity index (χ4v) is 2.12. The van der Waals surface area contributed by atoms with Crippen LogP contribution in [-0.4, -0.2) is 30.2 Å². The molecular formula is C15H25NO2. The van der Waals surface area contributed by atoms with Crippen molar-refractivity contribution in [3.8, 4) is 5.75 Å². The first-order chi connectivity index (χ1) is 8.60. The number of methoxy groups -OCH3 is 1. The molecular weight excluding hydrogens is 226 g/mol. The van der Waals surface area contributed by atoms with E-state index in [4.69, 9.17) is 4.74 Å². The van der Waals surface area contributed by atoms with Gasteiger partial charge in [-0.05, 0) is 30.2 Å². The van der Waals surface area contributed by atoms with E-state index < -0.39 is 0 Å². The van der Waals surface area contributed by atoms with Crippen LogP contribution in [0.3, 0.4) is 0 Å². The van der Waals surface area contributed by atoms with Crippen molar-refractivity contribution < 1.29 is 9.84 Å². The second-order valence-corrected chi connectivity index (χ2v) is 5.03. The first-order valence-corrected chi connectivity index (χ1v) is 6.59. The molecule has 0 unspecified atom stereocenters. The normalized spacial score (nSPS) is 11.3. The van der Waals surface area contributed by atoms with Gasteiger partial charge in [-0.3, -0.25) is 4.90 Å². The zero-order chi connectivity index (χ0) is 13.5. The van der Waals surface area contributed by atoms with Crippen molar-refractivity contribution in [2.75, 3.05) is 20.2 Å². The Morgan fingerprint density at radius 3 is 2.56 bits per heavy atom. The number of benzene rings is 1. The molecule has 1 aromatic carbocycles. The predicted molar refractivity (Wildman–Crippen MR) is 74.7 cm³/mol. The SMILES string of the molecule is CCN(Cc1cc(CO)ccc1OC)CC(C)C. The van der Waals surface area contributed by atoms with Crippen molar-refractivity contribution >= 4 is 0 Å². The van der Waals surface area contributed by atoms with Gasteiger partial charge in [-0.2, -0.15) is 0 Å². The summed E-state index contributed by atoms with van der Waals surface area (Å²) in [5, 5.41) is 9.21. The standard InChI is InChI=1S/C15H25NO2/c1-5-16(9-12(2)3)10-14-8-13(11-17)6-7-15(14)18-4/h6-8,12,17H,5,9-11H2,1-4H3. The molecule has 0 bridgehead atoms. The van der Waals surface area contributed by atoms with Crippen molar-refractivity contribution in [2.45, 2.75) is 33.9 Å². The van der Waals surface area contributed by atoms with Crippen molar-refractivity contribution in [3.05, 3.63) is 29.3 Å². The van der Waals surface area contributed by atoms with Crippen LogP contribution in [0.15, 0.2) is 18.2 Å². The van der Waals surface area contributed by atoms with Gasteiger partial charge in [0.05, 0.1) is 13.7 Å². The molecule has 0 heterocycles. The highest BCUT2D eigenvalue weighted by molar-refractivity contribution is 5.37. The fourth-order valence-electron chi connectivity index (χ4n) is 2.12. The second-order valence-electron chi connectivity index (χ2n) is 5.03. The van der Waals surface area contributed by atoms with E-state index in [1.807, 2.05) is 18.2 Å². The minimum Gasteiger partial charge on any atom is -0.496 e. The molecule has 0 amide bonds. The summed E-state index contributed by atoms with van der Waals surface area (Å²) >= 11 is 0. The van der Waals surface area contributed by atoms with Crippen molar-refractivity contribution in [3.63, 3.8) is 0 Å². The largest absolute Gasteiger partial charge is 0.496 e. The Hall–Kier alpha value is -1.06. The Labute approximate surface area is 110 Å². The third-order valence-electron chi connectivity index (χ3n) is 2.99. The molecule has 3 heteroatoms.